The van der Waals surface area contributed by atoms with Gasteiger partial charge in [0.1, 0.15) is 12.4 Å². The maximum absolute atomic E-state index is 13.2. The molecule has 0 amide bonds. The zero-order valence-corrected chi connectivity index (χ0v) is 28.9. The number of para-hydroxylation sites is 1. The predicted molar refractivity (Wildman–Crippen MR) is 193 cm³/mol. The summed E-state index contributed by atoms with van der Waals surface area (Å²) >= 11 is 1.73. The fourth-order valence-corrected chi connectivity index (χ4v) is 7.17. The number of ether oxygens (including phenoxy) is 1. The Balaban J connectivity index is 1.39. The number of pyridine rings is 2. The summed E-state index contributed by atoms with van der Waals surface area (Å²) in [5, 5.41) is 12.2. The molecule has 0 aliphatic heterocycles. The van der Waals surface area contributed by atoms with Gasteiger partial charge in [0.2, 0.25) is 0 Å². The number of fused-ring (bicyclic) bond motifs is 2. The number of thioether (sulfide) groups is 1. The molecular weight excluding hydrogens is 660 g/mol. The van der Waals surface area contributed by atoms with Crippen molar-refractivity contribution in [2.75, 3.05) is 5.75 Å². The van der Waals surface area contributed by atoms with E-state index in [1.165, 1.54) is 6.07 Å². The van der Waals surface area contributed by atoms with Crippen LogP contribution < -0.4 is 4.74 Å². The summed E-state index contributed by atoms with van der Waals surface area (Å²) in [6, 6.07) is 27.9. The summed E-state index contributed by atoms with van der Waals surface area (Å²) < 4.78 is 47.9. The highest BCUT2D eigenvalue weighted by atomic mass is 32.2. The number of hydrogen-bond donors (Lipinski definition) is 1. The van der Waals surface area contributed by atoms with Crippen LogP contribution in [0.4, 0.5) is 13.2 Å². The van der Waals surface area contributed by atoms with Crippen LogP contribution in [0.5, 0.6) is 5.75 Å². The van der Waals surface area contributed by atoms with Crippen LogP contribution in [0.25, 0.3) is 33.1 Å². The molecule has 10 heteroatoms. The van der Waals surface area contributed by atoms with Gasteiger partial charge < -0.3 is 14.4 Å². The SMILES string of the molecule is CCCCSc1c(CC(C)(C)C(=O)O)n(Cc2cccc(-c3ccc(C(F)(F)F)cn3)c2)c2ccc(OCc3ccc4ccccc4n3)cc12. The van der Waals surface area contributed by atoms with Crippen LogP contribution in [0, 0.1) is 5.41 Å². The molecule has 6 nitrogen and oxygen atoms in total. The van der Waals surface area contributed by atoms with Gasteiger partial charge in [0, 0.05) is 51.6 Å². The zero-order chi connectivity index (χ0) is 35.5. The molecule has 0 unspecified atom stereocenters. The molecule has 0 bridgehead atoms. The molecule has 0 saturated heterocycles. The second kappa shape index (κ2) is 14.6. The number of alkyl halides is 3. The third-order valence-corrected chi connectivity index (χ3v) is 9.96. The first-order valence-electron chi connectivity index (χ1n) is 16.5. The molecule has 0 aliphatic carbocycles. The van der Waals surface area contributed by atoms with Crippen LogP contribution >= 0.6 is 11.8 Å². The largest absolute Gasteiger partial charge is 0.487 e. The summed E-state index contributed by atoms with van der Waals surface area (Å²) in [6.07, 6.45) is -1.29. The van der Waals surface area contributed by atoms with Crippen molar-refractivity contribution in [3.63, 3.8) is 0 Å². The summed E-state index contributed by atoms with van der Waals surface area (Å²) in [7, 11) is 0. The topological polar surface area (TPSA) is 77.2 Å². The lowest BCUT2D eigenvalue weighted by atomic mass is 9.88. The van der Waals surface area contributed by atoms with E-state index in [2.05, 4.69) is 16.5 Å². The van der Waals surface area contributed by atoms with Gasteiger partial charge in [-0.1, -0.05) is 55.8 Å². The summed E-state index contributed by atoms with van der Waals surface area (Å²) in [6.45, 7) is 6.33. The van der Waals surface area contributed by atoms with Crippen molar-refractivity contribution >= 4 is 39.5 Å². The minimum absolute atomic E-state index is 0.291. The molecule has 6 aromatic rings. The number of unbranched alkanes of at least 4 members (excludes halogenated alkanes) is 1. The van der Waals surface area contributed by atoms with Crippen LogP contribution in [-0.4, -0.2) is 31.4 Å². The van der Waals surface area contributed by atoms with Crippen molar-refractivity contribution in [1.82, 2.24) is 14.5 Å². The first-order valence-corrected chi connectivity index (χ1v) is 17.5. The number of carboxylic acid groups (broad SMARTS) is 1. The molecule has 3 aromatic carbocycles. The van der Waals surface area contributed by atoms with E-state index in [0.29, 0.717) is 36.6 Å². The van der Waals surface area contributed by atoms with Crippen LogP contribution in [0.2, 0.25) is 0 Å². The minimum Gasteiger partial charge on any atom is -0.487 e. The van der Waals surface area contributed by atoms with Gasteiger partial charge in [-0.05, 0) is 80.1 Å². The number of halogens is 3. The number of rotatable bonds is 13. The molecule has 6 rings (SSSR count). The van der Waals surface area contributed by atoms with E-state index in [4.69, 9.17) is 9.72 Å². The maximum Gasteiger partial charge on any atom is 0.417 e. The third-order valence-electron chi connectivity index (χ3n) is 8.72. The summed E-state index contributed by atoms with van der Waals surface area (Å²) in [4.78, 5) is 22.3. The lowest BCUT2D eigenvalue weighted by Gasteiger charge is -2.22. The van der Waals surface area contributed by atoms with E-state index >= 15 is 0 Å². The van der Waals surface area contributed by atoms with Gasteiger partial charge in [-0.15, -0.1) is 11.8 Å². The normalized spacial score (nSPS) is 12.1. The van der Waals surface area contributed by atoms with E-state index in [1.807, 2.05) is 78.9 Å². The van der Waals surface area contributed by atoms with Gasteiger partial charge in [-0.2, -0.15) is 13.2 Å². The zero-order valence-electron chi connectivity index (χ0n) is 28.1. The molecule has 3 heterocycles. The molecular formula is C40H38F3N3O3S. The van der Waals surface area contributed by atoms with Crippen LogP contribution in [0.3, 0.4) is 0 Å². The molecule has 0 spiro atoms. The first-order chi connectivity index (χ1) is 23.9. The second-order valence-corrected chi connectivity index (χ2v) is 14.1. The Bertz CT molecular complexity index is 2140. The lowest BCUT2D eigenvalue weighted by Crippen LogP contribution is -2.27. The summed E-state index contributed by atoms with van der Waals surface area (Å²) in [5.74, 6) is 0.666. The Labute approximate surface area is 293 Å². The predicted octanol–water partition coefficient (Wildman–Crippen LogP) is 10.4. The molecule has 0 fully saturated rings. The van der Waals surface area contributed by atoms with Crippen molar-refractivity contribution in [1.29, 1.82) is 0 Å². The van der Waals surface area contributed by atoms with Gasteiger partial charge in [-0.3, -0.25) is 9.78 Å². The van der Waals surface area contributed by atoms with E-state index in [-0.39, 0.29) is 0 Å². The van der Waals surface area contributed by atoms with Gasteiger partial charge in [0.25, 0.3) is 0 Å². The number of benzene rings is 3. The van der Waals surface area contributed by atoms with E-state index < -0.39 is 23.1 Å². The highest BCUT2D eigenvalue weighted by Gasteiger charge is 2.32. The molecule has 0 radical (unpaired) electrons. The van der Waals surface area contributed by atoms with Crippen molar-refractivity contribution in [3.8, 4) is 17.0 Å². The Morgan fingerprint density at radius 1 is 0.960 bits per heavy atom. The molecule has 1 N–H and O–H groups in total. The maximum atomic E-state index is 13.2. The van der Waals surface area contributed by atoms with Gasteiger partial charge >= 0.3 is 12.1 Å². The fraction of sp³-hybridized carbons (Fsp3) is 0.275. The molecule has 0 saturated carbocycles. The van der Waals surface area contributed by atoms with E-state index in [0.717, 1.165) is 74.5 Å². The van der Waals surface area contributed by atoms with Crippen molar-refractivity contribution in [2.45, 2.75) is 64.3 Å². The molecule has 258 valence electrons. The van der Waals surface area contributed by atoms with E-state index in [9.17, 15) is 23.1 Å². The Morgan fingerprint density at radius 3 is 2.52 bits per heavy atom. The Kier molecular flexibility index (Phi) is 10.2. The van der Waals surface area contributed by atoms with Crippen molar-refractivity contribution in [2.24, 2.45) is 5.41 Å². The van der Waals surface area contributed by atoms with Crippen LogP contribution in [0.1, 0.15) is 56.1 Å². The Morgan fingerprint density at radius 2 is 1.78 bits per heavy atom. The van der Waals surface area contributed by atoms with Gasteiger partial charge in [0.15, 0.2) is 0 Å². The van der Waals surface area contributed by atoms with E-state index in [1.54, 1.807) is 25.6 Å². The highest BCUT2D eigenvalue weighted by Crippen LogP contribution is 2.41. The number of nitrogens with zero attached hydrogens (tertiary/aromatic N) is 3. The third kappa shape index (κ3) is 7.81. The fourth-order valence-electron chi connectivity index (χ4n) is 5.87. The first kappa shape index (κ1) is 35.0. The van der Waals surface area contributed by atoms with Gasteiger partial charge in [-0.25, -0.2) is 4.98 Å². The lowest BCUT2D eigenvalue weighted by molar-refractivity contribution is -0.147. The molecule has 0 atom stereocenters. The average Bonchev–Trinajstić information content (AvgIpc) is 3.37. The average molecular weight is 698 g/mol. The van der Waals surface area contributed by atoms with Crippen LogP contribution in [0.15, 0.2) is 102 Å². The highest BCUT2D eigenvalue weighted by molar-refractivity contribution is 7.99. The number of aromatic nitrogens is 3. The molecule has 50 heavy (non-hydrogen) atoms. The smallest absolute Gasteiger partial charge is 0.417 e. The quantitative estimate of drug-likeness (QED) is 0.0956. The van der Waals surface area contributed by atoms with Crippen molar-refractivity contribution in [3.05, 3.63) is 120 Å². The number of aliphatic carboxylic acids is 1. The van der Waals surface area contributed by atoms with Crippen molar-refractivity contribution < 1.29 is 27.8 Å². The number of carbonyl (C=O) groups is 1. The Hall–Kier alpha value is -4.83. The number of hydrogen-bond acceptors (Lipinski definition) is 5. The van der Waals surface area contributed by atoms with Crippen LogP contribution in [-0.2, 0) is 30.5 Å². The number of carboxylic acids is 1. The standard InChI is InChI=1S/C40H38F3N3O3S/c1-4-5-19-50-37-32-21-31(49-25-30-15-13-27-10-6-7-12-34(27)45-30)16-18-35(32)46(36(37)22-39(2,3)38(47)48)24-26-9-8-11-28(20-26)33-17-14-29(23-44-33)40(41,42)43/h6-18,20-21,23H,4-5,19,22,24-25H2,1-3H3,(H,47,48). The second-order valence-electron chi connectivity index (χ2n) is 13.0. The molecule has 3 aromatic heterocycles. The minimum atomic E-state index is -4.46. The molecule has 0 aliphatic rings. The monoisotopic (exact) mass is 697 g/mol. The summed E-state index contributed by atoms with van der Waals surface area (Å²) in [5.41, 5.74) is 3.76. The van der Waals surface area contributed by atoms with Gasteiger partial charge in [0.05, 0.1) is 27.9 Å².